The maximum atomic E-state index is 6.23. The van der Waals surface area contributed by atoms with E-state index in [4.69, 9.17) is 34.8 Å². The van der Waals surface area contributed by atoms with Gasteiger partial charge in [0.1, 0.15) is 0 Å². The molecule has 1 aliphatic rings. The van der Waals surface area contributed by atoms with Crippen LogP contribution in [-0.4, -0.2) is 42.3 Å². The third-order valence-corrected chi connectivity index (χ3v) is 5.08. The number of rotatable bonds is 4. The van der Waals surface area contributed by atoms with Gasteiger partial charge in [-0.2, -0.15) is 5.10 Å². The molecular weight excluding hydrogens is 365 g/mol. The molecule has 3 nitrogen and oxygen atoms in total. The molecule has 6 heteroatoms. The van der Waals surface area contributed by atoms with Gasteiger partial charge in [0, 0.05) is 43.3 Å². The zero-order chi connectivity index (χ0) is 16.9. The maximum Gasteiger partial charge on any atom is 0.0572 e. The van der Waals surface area contributed by atoms with Crippen LogP contribution in [0.15, 0.2) is 47.6 Å². The van der Waals surface area contributed by atoms with Crippen molar-refractivity contribution in [2.45, 2.75) is 6.54 Å². The van der Waals surface area contributed by atoms with Gasteiger partial charge in [-0.15, -0.1) is 0 Å². The van der Waals surface area contributed by atoms with E-state index in [2.05, 4.69) is 16.1 Å². The minimum absolute atomic E-state index is 0.614. The van der Waals surface area contributed by atoms with E-state index in [1.807, 2.05) is 41.4 Å². The summed E-state index contributed by atoms with van der Waals surface area (Å²) in [5, 5.41) is 8.62. The highest BCUT2D eigenvalue weighted by Crippen LogP contribution is 2.22. The summed E-state index contributed by atoms with van der Waals surface area (Å²) in [5.74, 6) is 0. The van der Waals surface area contributed by atoms with Crippen LogP contribution in [0.5, 0.6) is 0 Å². The molecule has 0 radical (unpaired) electrons. The average molecular weight is 383 g/mol. The van der Waals surface area contributed by atoms with E-state index in [0.29, 0.717) is 10.0 Å². The molecule has 1 saturated heterocycles. The van der Waals surface area contributed by atoms with Crippen molar-refractivity contribution >= 4 is 41.0 Å². The fourth-order valence-electron chi connectivity index (χ4n) is 2.65. The molecule has 126 valence electrons. The van der Waals surface area contributed by atoms with E-state index in [-0.39, 0.29) is 0 Å². The summed E-state index contributed by atoms with van der Waals surface area (Å²) < 4.78 is 0. The molecule has 0 amide bonds. The first-order valence-corrected chi connectivity index (χ1v) is 8.95. The number of hydrogen-bond acceptors (Lipinski definition) is 3. The first-order valence-electron chi connectivity index (χ1n) is 7.82. The van der Waals surface area contributed by atoms with E-state index >= 15 is 0 Å². The molecule has 1 heterocycles. The Morgan fingerprint density at radius 1 is 0.833 bits per heavy atom. The van der Waals surface area contributed by atoms with Crippen LogP contribution < -0.4 is 0 Å². The number of hydrazone groups is 1. The molecule has 0 spiro atoms. The lowest BCUT2D eigenvalue weighted by molar-refractivity contribution is 0.131. The van der Waals surface area contributed by atoms with Crippen LogP contribution in [0.2, 0.25) is 15.1 Å². The van der Waals surface area contributed by atoms with Crippen LogP contribution in [0.3, 0.4) is 0 Å². The molecule has 0 saturated carbocycles. The van der Waals surface area contributed by atoms with Crippen LogP contribution in [0.1, 0.15) is 11.1 Å². The fourth-order valence-corrected chi connectivity index (χ4v) is 3.34. The highest BCUT2D eigenvalue weighted by molar-refractivity contribution is 6.38. The number of nitrogens with zero attached hydrogens (tertiary/aromatic N) is 3. The third-order valence-electron chi connectivity index (χ3n) is 4.05. The van der Waals surface area contributed by atoms with Crippen molar-refractivity contribution in [2.75, 3.05) is 26.2 Å². The summed E-state index contributed by atoms with van der Waals surface area (Å²) in [7, 11) is 0. The second-order valence-corrected chi connectivity index (χ2v) is 6.92. The van der Waals surface area contributed by atoms with Crippen molar-refractivity contribution in [2.24, 2.45) is 5.10 Å². The highest BCUT2D eigenvalue weighted by atomic mass is 35.5. The van der Waals surface area contributed by atoms with Crippen LogP contribution in [0.25, 0.3) is 0 Å². The van der Waals surface area contributed by atoms with Crippen LogP contribution >= 0.6 is 34.8 Å². The van der Waals surface area contributed by atoms with Crippen LogP contribution in [0, 0.1) is 0 Å². The highest BCUT2D eigenvalue weighted by Gasteiger charge is 2.16. The molecule has 0 atom stereocenters. The van der Waals surface area contributed by atoms with Crippen molar-refractivity contribution in [1.82, 2.24) is 9.91 Å². The van der Waals surface area contributed by atoms with Gasteiger partial charge in [-0.05, 0) is 23.8 Å². The Balaban J connectivity index is 1.56. The molecule has 0 bridgehead atoms. The van der Waals surface area contributed by atoms with E-state index in [0.717, 1.165) is 43.3 Å². The van der Waals surface area contributed by atoms with Gasteiger partial charge < -0.3 is 0 Å². The molecule has 1 fully saturated rings. The minimum atomic E-state index is 0.614. The van der Waals surface area contributed by atoms with E-state index in [9.17, 15) is 0 Å². The van der Waals surface area contributed by atoms with Gasteiger partial charge >= 0.3 is 0 Å². The molecule has 0 N–H and O–H groups in total. The normalized spacial score (nSPS) is 16.0. The van der Waals surface area contributed by atoms with Crippen molar-refractivity contribution in [3.8, 4) is 0 Å². The van der Waals surface area contributed by atoms with Gasteiger partial charge in [0.25, 0.3) is 0 Å². The second kappa shape index (κ2) is 8.21. The Bertz CT molecular complexity index is 705. The molecule has 0 unspecified atom stereocenters. The maximum absolute atomic E-state index is 6.23. The van der Waals surface area contributed by atoms with Crippen molar-refractivity contribution < 1.29 is 0 Å². The van der Waals surface area contributed by atoms with Gasteiger partial charge in [0.15, 0.2) is 0 Å². The Labute approximate surface area is 157 Å². The van der Waals surface area contributed by atoms with Gasteiger partial charge in [0.05, 0.1) is 16.3 Å². The molecule has 2 aromatic carbocycles. The van der Waals surface area contributed by atoms with E-state index in [1.165, 1.54) is 5.56 Å². The van der Waals surface area contributed by atoms with Crippen molar-refractivity contribution in [3.63, 3.8) is 0 Å². The minimum Gasteiger partial charge on any atom is -0.295 e. The Hall–Kier alpha value is -1.26. The smallest absolute Gasteiger partial charge is 0.0572 e. The zero-order valence-corrected chi connectivity index (χ0v) is 15.4. The molecule has 1 aliphatic heterocycles. The summed E-state index contributed by atoms with van der Waals surface area (Å²) in [6, 6.07) is 13.5. The third kappa shape index (κ3) is 4.42. The summed E-state index contributed by atoms with van der Waals surface area (Å²) in [4.78, 5) is 2.38. The number of halogens is 3. The van der Waals surface area contributed by atoms with Gasteiger partial charge in [-0.3, -0.25) is 9.91 Å². The second-order valence-electron chi connectivity index (χ2n) is 5.70. The van der Waals surface area contributed by atoms with Crippen LogP contribution in [0.4, 0.5) is 0 Å². The largest absolute Gasteiger partial charge is 0.295 e. The lowest BCUT2D eigenvalue weighted by atomic mass is 10.2. The lowest BCUT2D eigenvalue weighted by Gasteiger charge is -2.33. The predicted molar refractivity (Wildman–Crippen MR) is 102 cm³/mol. The monoisotopic (exact) mass is 381 g/mol. The lowest BCUT2D eigenvalue weighted by Crippen LogP contribution is -2.43. The van der Waals surface area contributed by atoms with Crippen LogP contribution in [-0.2, 0) is 6.54 Å². The van der Waals surface area contributed by atoms with E-state index < -0.39 is 0 Å². The Morgan fingerprint density at radius 3 is 2.12 bits per heavy atom. The molecule has 3 rings (SSSR count). The molecule has 2 aromatic rings. The zero-order valence-electron chi connectivity index (χ0n) is 13.1. The quantitative estimate of drug-likeness (QED) is 0.707. The number of benzene rings is 2. The Morgan fingerprint density at radius 2 is 1.46 bits per heavy atom. The number of hydrogen-bond donors (Lipinski definition) is 0. The molecule has 0 aromatic heterocycles. The Kier molecular flexibility index (Phi) is 6.01. The fraction of sp³-hybridized carbons (Fsp3) is 0.278. The summed E-state index contributed by atoms with van der Waals surface area (Å²) in [5.41, 5.74) is 1.93. The summed E-state index contributed by atoms with van der Waals surface area (Å²) in [6.45, 7) is 4.48. The molecular formula is C18H18Cl3N3. The predicted octanol–water partition coefficient (Wildman–Crippen LogP) is 4.80. The molecule has 0 aliphatic carbocycles. The van der Waals surface area contributed by atoms with E-state index in [1.54, 1.807) is 6.21 Å². The first-order chi connectivity index (χ1) is 11.6. The first kappa shape index (κ1) is 17.6. The van der Waals surface area contributed by atoms with Gasteiger partial charge in [0.2, 0.25) is 0 Å². The molecule has 24 heavy (non-hydrogen) atoms. The number of piperazine rings is 1. The summed E-state index contributed by atoms with van der Waals surface area (Å²) in [6.07, 6.45) is 1.74. The van der Waals surface area contributed by atoms with Crippen molar-refractivity contribution in [3.05, 3.63) is 68.7 Å². The summed E-state index contributed by atoms with van der Waals surface area (Å²) >= 11 is 18.6. The van der Waals surface area contributed by atoms with Crippen molar-refractivity contribution in [1.29, 1.82) is 0 Å². The van der Waals surface area contributed by atoms with Gasteiger partial charge in [-0.1, -0.05) is 59.1 Å². The average Bonchev–Trinajstić information content (AvgIpc) is 2.58. The standard InChI is InChI=1S/C18H18Cl3N3/c19-16-5-2-1-4-14(16)13-23-8-10-24(11-9-23)22-12-15-17(20)6-3-7-18(15)21/h1-7,12H,8-11,13H2/b22-12+. The van der Waals surface area contributed by atoms with Gasteiger partial charge in [-0.25, -0.2) is 0 Å². The SMILES string of the molecule is Clc1ccccc1CN1CCN(/N=C/c2c(Cl)cccc2Cl)CC1. The topological polar surface area (TPSA) is 18.8 Å².